The van der Waals surface area contributed by atoms with E-state index in [0.717, 1.165) is 0 Å². The summed E-state index contributed by atoms with van der Waals surface area (Å²) in [6.07, 6.45) is 0. The van der Waals surface area contributed by atoms with Gasteiger partial charge in [-0.05, 0) is 12.3 Å². The lowest BCUT2D eigenvalue weighted by atomic mass is 10.4. The van der Waals surface area contributed by atoms with Crippen molar-refractivity contribution in [1.29, 1.82) is 0 Å². The Bertz CT molecular complexity index is 58.9. The summed E-state index contributed by atoms with van der Waals surface area (Å²) in [6, 6.07) is 0.0417. The van der Waals surface area contributed by atoms with Gasteiger partial charge in [0.25, 0.3) is 0 Å². The average Bonchev–Trinajstić information content (AvgIpc) is 1.68. The van der Waals surface area contributed by atoms with Crippen LogP contribution in [0.4, 0.5) is 0 Å². The minimum Gasteiger partial charge on any atom is -0.216 e. The molecule has 7 heavy (non-hydrogen) atoms. The van der Waals surface area contributed by atoms with Gasteiger partial charge in [0.15, 0.2) is 0 Å². The van der Waals surface area contributed by atoms with Crippen LogP contribution in [0.25, 0.3) is 0 Å². The van der Waals surface area contributed by atoms with Crippen molar-refractivity contribution in [2.45, 2.75) is 13.0 Å². The molecule has 1 atom stereocenters. The van der Waals surface area contributed by atoms with E-state index in [1.807, 2.05) is 6.92 Å². The van der Waals surface area contributed by atoms with E-state index in [0.29, 0.717) is 0 Å². The molecule has 0 saturated carbocycles. The second kappa shape index (κ2) is 4.14. The van der Waals surface area contributed by atoms with Gasteiger partial charge in [-0.3, -0.25) is 0 Å². The van der Waals surface area contributed by atoms with Crippen molar-refractivity contribution in [3.63, 3.8) is 0 Å². The van der Waals surface area contributed by atoms with Crippen LogP contribution >= 0.6 is 12.2 Å². The summed E-state index contributed by atoms with van der Waals surface area (Å²) in [4.78, 5) is 4.05. The first-order valence-electron chi connectivity index (χ1n) is 1.87. The molecule has 0 bridgehead atoms. The van der Waals surface area contributed by atoms with E-state index in [1.165, 1.54) is 5.37 Å². The van der Waals surface area contributed by atoms with Crippen molar-refractivity contribution < 1.29 is 4.94 Å². The van der Waals surface area contributed by atoms with Crippen LogP contribution in [0.5, 0.6) is 0 Å². The van der Waals surface area contributed by atoms with Crippen molar-refractivity contribution in [3.8, 4) is 0 Å². The van der Waals surface area contributed by atoms with Gasteiger partial charge in [0.05, 0.1) is 6.04 Å². The number of hydrogen-bond acceptors (Lipinski definition) is 4. The molecule has 4 heteroatoms. The maximum absolute atomic E-state index is 4.63. The maximum Gasteiger partial charge on any atom is 0.0595 e. The van der Waals surface area contributed by atoms with Crippen LogP contribution in [0.2, 0.25) is 0 Å². The lowest BCUT2D eigenvalue weighted by molar-refractivity contribution is 0.0344. The van der Waals surface area contributed by atoms with Crippen LogP contribution < -0.4 is 11.4 Å². The summed E-state index contributed by atoms with van der Waals surface area (Å²) in [7, 11) is 0. The fourth-order valence-corrected chi connectivity index (χ4v) is 0.191. The third kappa shape index (κ3) is 3.81. The topological polar surface area (TPSA) is 47.3 Å². The summed E-state index contributed by atoms with van der Waals surface area (Å²) >= 11 is 4.52. The molecule has 0 saturated heterocycles. The van der Waals surface area contributed by atoms with Crippen LogP contribution in [-0.4, -0.2) is 11.4 Å². The van der Waals surface area contributed by atoms with Gasteiger partial charge in [0, 0.05) is 0 Å². The Kier molecular flexibility index (Phi) is 4.12. The largest absolute Gasteiger partial charge is 0.216 e. The van der Waals surface area contributed by atoms with Crippen LogP contribution in [-0.2, 0) is 4.94 Å². The molecule has 0 rings (SSSR count). The Morgan fingerprint density at radius 3 is 2.71 bits per heavy atom. The van der Waals surface area contributed by atoms with Gasteiger partial charge >= 0.3 is 0 Å². The fourth-order valence-electron chi connectivity index (χ4n) is 0.135. The highest BCUT2D eigenvalue weighted by Gasteiger charge is 1.89. The standard InChI is InChI=1S/C3H8N2OS/c1-3(2-7)5-6-4/h2-3,5H,4H2,1H3. The van der Waals surface area contributed by atoms with Crippen LogP contribution in [0.15, 0.2) is 0 Å². The highest BCUT2D eigenvalue weighted by Crippen LogP contribution is 1.70. The molecule has 3 nitrogen and oxygen atoms in total. The van der Waals surface area contributed by atoms with Crippen molar-refractivity contribution in [2.24, 2.45) is 5.90 Å². The zero-order chi connectivity index (χ0) is 5.70. The monoisotopic (exact) mass is 120 g/mol. The highest BCUT2D eigenvalue weighted by molar-refractivity contribution is 7.79. The maximum atomic E-state index is 4.63. The average molecular weight is 120 g/mol. The van der Waals surface area contributed by atoms with Crippen molar-refractivity contribution in [1.82, 2.24) is 5.48 Å². The smallest absolute Gasteiger partial charge is 0.0595 e. The molecule has 1 unspecified atom stereocenters. The van der Waals surface area contributed by atoms with E-state index >= 15 is 0 Å². The zero-order valence-corrected chi connectivity index (χ0v) is 4.87. The first-order valence-corrected chi connectivity index (χ1v) is 2.35. The zero-order valence-electron chi connectivity index (χ0n) is 4.05. The molecule has 0 aliphatic rings. The minimum atomic E-state index is 0.0417. The summed E-state index contributed by atoms with van der Waals surface area (Å²) in [6.45, 7) is 1.83. The molecule has 0 fully saturated rings. The lowest BCUT2D eigenvalue weighted by Gasteiger charge is -2.00. The van der Waals surface area contributed by atoms with Gasteiger partial charge < -0.3 is 0 Å². The second-order valence-electron chi connectivity index (χ2n) is 1.16. The van der Waals surface area contributed by atoms with Crippen molar-refractivity contribution in [2.75, 3.05) is 0 Å². The molecular weight excluding hydrogens is 112 g/mol. The van der Waals surface area contributed by atoms with E-state index in [2.05, 4.69) is 28.5 Å². The molecule has 0 spiro atoms. The van der Waals surface area contributed by atoms with Gasteiger partial charge in [-0.15, -0.1) is 0 Å². The quantitative estimate of drug-likeness (QED) is 0.399. The number of rotatable bonds is 3. The van der Waals surface area contributed by atoms with Gasteiger partial charge in [-0.2, -0.15) is 11.4 Å². The molecule has 0 aromatic rings. The Morgan fingerprint density at radius 2 is 2.57 bits per heavy atom. The number of hydrogen-bond donors (Lipinski definition) is 2. The molecule has 0 amide bonds. The van der Waals surface area contributed by atoms with Crippen molar-refractivity contribution >= 4 is 17.6 Å². The summed E-state index contributed by atoms with van der Waals surface area (Å²) < 4.78 is 0. The highest BCUT2D eigenvalue weighted by atomic mass is 32.1. The van der Waals surface area contributed by atoms with E-state index in [-0.39, 0.29) is 6.04 Å². The third-order valence-electron chi connectivity index (χ3n) is 0.458. The van der Waals surface area contributed by atoms with Gasteiger partial charge in [0.1, 0.15) is 0 Å². The molecule has 0 heterocycles. The lowest BCUT2D eigenvalue weighted by Crippen LogP contribution is -2.29. The molecule has 0 aromatic carbocycles. The Labute approximate surface area is 47.7 Å². The molecule has 42 valence electrons. The van der Waals surface area contributed by atoms with E-state index in [4.69, 9.17) is 0 Å². The summed E-state index contributed by atoms with van der Waals surface area (Å²) in [5.74, 6) is 4.63. The molecule has 0 radical (unpaired) electrons. The minimum absolute atomic E-state index is 0.0417. The normalized spacial score (nSPS) is 13.4. The number of hydroxylamine groups is 1. The van der Waals surface area contributed by atoms with Gasteiger partial charge in [0.2, 0.25) is 0 Å². The van der Waals surface area contributed by atoms with Gasteiger partial charge in [-0.25, -0.2) is 4.94 Å². The van der Waals surface area contributed by atoms with Crippen LogP contribution in [0.1, 0.15) is 6.92 Å². The van der Waals surface area contributed by atoms with E-state index < -0.39 is 0 Å². The number of thiocarbonyl (C=S) groups is 1. The van der Waals surface area contributed by atoms with E-state index in [9.17, 15) is 0 Å². The van der Waals surface area contributed by atoms with Crippen LogP contribution in [0, 0.1) is 0 Å². The summed E-state index contributed by atoms with van der Waals surface area (Å²) in [5, 5.41) is 1.52. The molecule has 0 aliphatic heterocycles. The molecule has 3 N–H and O–H groups in total. The first-order chi connectivity index (χ1) is 3.31. The fraction of sp³-hybridized carbons (Fsp3) is 0.667. The number of nitrogens with one attached hydrogen (secondary N) is 1. The predicted molar refractivity (Wildman–Crippen MR) is 31.5 cm³/mol. The third-order valence-corrected chi connectivity index (χ3v) is 0.866. The second-order valence-corrected chi connectivity index (χ2v) is 1.43. The summed E-state index contributed by atoms with van der Waals surface area (Å²) in [5.41, 5.74) is 2.41. The first kappa shape index (κ1) is 6.97. The predicted octanol–water partition coefficient (Wildman–Crippen LogP) is -0.231. The van der Waals surface area contributed by atoms with Crippen LogP contribution in [0.3, 0.4) is 0 Å². The Morgan fingerprint density at radius 1 is 2.00 bits per heavy atom. The Hall–Kier alpha value is -0.0300. The molecule has 0 aromatic heterocycles. The van der Waals surface area contributed by atoms with E-state index in [1.54, 1.807) is 0 Å². The Balaban J connectivity index is 2.98. The van der Waals surface area contributed by atoms with Gasteiger partial charge in [-0.1, -0.05) is 12.2 Å². The molecular formula is C3H8N2OS. The molecule has 0 aliphatic carbocycles. The SMILES string of the molecule is CC(C=S)NON. The number of nitrogens with two attached hydrogens (primary N) is 1. The van der Waals surface area contributed by atoms with Crippen molar-refractivity contribution in [3.05, 3.63) is 0 Å².